The topological polar surface area (TPSA) is 12.0 Å². The summed E-state index contributed by atoms with van der Waals surface area (Å²) in [4.78, 5) is 0. The van der Waals surface area contributed by atoms with Gasteiger partial charge in [-0.2, -0.15) is 0 Å². The molecule has 1 saturated carbocycles. The fourth-order valence-electron chi connectivity index (χ4n) is 2.82. The van der Waals surface area contributed by atoms with Crippen LogP contribution in [0.3, 0.4) is 0 Å². The quantitative estimate of drug-likeness (QED) is 0.819. The van der Waals surface area contributed by atoms with Crippen molar-refractivity contribution in [1.29, 1.82) is 0 Å². The van der Waals surface area contributed by atoms with Gasteiger partial charge in [-0.25, -0.2) is 0 Å². The molecule has 0 heterocycles. The van der Waals surface area contributed by atoms with Gasteiger partial charge in [-0.15, -0.1) is 0 Å². The predicted octanol–water partition coefficient (Wildman–Crippen LogP) is 5.05. The van der Waals surface area contributed by atoms with Crippen LogP contribution in [0.4, 0.5) is 0 Å². The van der Waals surface area contributed by atoms with Gasteiger partial charge in [-0.05, 0) is 36.8 Å². The van der Waals surface area contributed by atoms with Gasteiger partial charge in [0.15, 0.2) is 0 Å². The lowest BCUT2D eigenvalue weighted by Crippen LogP contribution is -2.36. The Balaban J connectivity index is 1.95. The summed E-state index contributed by atoms with van der Waals surface area (Å²) in [5, 5.41) is 5.12. The zero-order valence-corrected chi connectivity index (χ0v) is 12.6. The Morgan fingerprint density at radius 3 is 2.56 bits per heavy atom. The molecule has 1 unspecified atom stereocenters. The number of benzene rings is 1. The van der Waals surface area contributed by atoms with Gasteiger partial charge in [0.2, 0.25) is 0 Å². The average molecular weight is 286 g/mol. The Hall–Kier alpha value is -0.240. The van der Waals surface area contributed by atoms with E-state index >= 15 is 0 Å². The van der Waals surface area contributed by atoms with Crippen molar-refractivity contribution in [2.75, 3.05) is 0 Å². The molecule has 2 rings (SSSR count). The number of hydrogen-bond donors (Lipinski definition) is 1. The number of nitrogens with one attached hydrogen (secondary N) is 1. The van der Waals surface area contributed by atoms with Crippen LogP contribution in [0, 0.1) is 5.41 Å². The van der Waals surface area contributed by atoms with Crippen LogP contribution in [-0.4, -0.2) is 6.04 Å². The maximum atomic E-state index is 6.18. The highest BCUT2D eigenvalue weighted by Crippen LogP contribution is 2.35. The second-order valence-corrected chi connectivity index (χ2v) is 6.85. The maximum absolute atomic E-state index is 6.18. The molecule has 1 aliphatic carbocycles. The largest absolute Gasteiger partial charge is 0.310 e. The third kappa shape index (κ3) is 3.63. The fourth-order valence-corrected chi connectivity index (χ4v) is 3.35. The van der Waals surface area contributed by atoms with E-state index in [1.54, 1.807) is 0 Å². The number of rotatable bonds is 3. The normalized spacial score (nSPS) is 23.0. The van der Waals surface area contributed by atoms with Crippen molar-refractivity contribution in [3.63, 3.8) is 0 Å². The van der Waals surface area contributed by atoms with Crippen molar-refractivity contribution < 1.29 is 0 Å². The molecule has 0 saturated heterocycles. The minimum Gasteiger partial charge on any atom is -0.310 e. The van der Waals surface area contributed by atoms with Crippen LogP contribution < -0.4 is 5.32 Å². The SMILES string of the molecule is CC1(C)CCCC(NCc2c(Cl)cccc2Cl)C1. The average Bonchev–Trinajstić information content (AvgIpc) is 2.27. The van der Waals surface area contributed by atoms with E-state index in [0.29, 0.717) is 11.5 Å². The van der Waals surface area contributed by atoms with Crippen molar-refractivity contribution in [3.8, 4) is 0 Å². The van der Waals surface area contributed by atoms with Crippen molar-refractivity contribution in [3.05, 3.63) is 33.8 Å². The lowest BCUT2D eigenvalue weighted by atomic mass is 9.75. The first kappa shape index (κ1) is 14.2. The molecule has 1 aromatic carbocycles. The zero-order chi connectivity index (χ0) is 13.2. The van der Waals surface area contributed by atoms with E-state index in [1.807, 2.05) is 18.2 Å². The molecular formula is C15H21Cl2N. The highest BCUT2D eigenvalue weighted by Gasteiger charge is 2.27. The van der Waals surface area contributed by atoms with E-state index in [2.05, 4.69) is 19.2 Å². The molecule has 0 spiro atoms. The van der Waals surface area contributed by atoms with Gasteiger partial charge in [0.1, 0.15) is 0 Å². The summed E-state index contributed by atoms with van der Waals surface area (Å²) in [5.74, 6) is 0. The van der Waals surface area contributed by atoms with Gasteiger partial charge in [0.05, 0.1) is 0 Å². The van der Waals surface area contributed by atoms with Gasteiger partial charge < -0.3 is 5.32 Å². The molecule has 1 aliphatic rings. The molecule has 1 aromatic rings. The van der Waals surface area contributed by atoms with Gasteiger partial charge in [0, 0.05) is 28.2 Å². The van der Waals surface area contributed by atoms with E-state index in [-0.39, 0.29) is 0 Å². The van der Waals surface area contributed by atoms with Gasteiger partial charge in [0.25, 0.3) is 0 Å². The summed E-state index contributed by atoms with van der Waals surface area (Å²) in [6.07, 6.45) is 5.12. The van der Waals surface area contributed by atoms with E-state index in [9.17, 15) is 0 Å². The van der Waals surface area contributed by atoms with Crippen LogP contribution in [0.1, 0.15) is 45.1 Å². The van der Waals surface area contributed by atoms with E-state index in [1.165, 1.54) is 25.7 Å². The van der Waals surface area contributed by atoms with E-state index in [4.69, 9.17) is 23.2 Å². The predicted molar refractivity (Wildman–Crippen MR) is 79.3 cm³/mol. The van der Waals surface area contributed by atoms with Gasteiger partial charge >= 0.3 is 0 Å². The van der Waals surface area contributed by atoms with Crippen molar-refractivity contribution in [2.24, 2.45) is 5.41 Å². The number of halogens is 2. The third-order valence-electron chi connectivity index (χ3n) is 3.83. The molecule has 0 aliphatic heterocycles. The van der Waals surface area contributed by atoms with Crippen LogP contribution in [0.15, 0.2) is 18.2 Å². The van der Waals surface area contributed by atoms with E-state index in [0.717, 1.165) is 22.2 Å². The highest BCUT2D eigenvalue weighted by molar-refractivity contribution is 6.35. The molecule has 1 N–H and O–H groups in total. The van der Waals surface area contributed by atoms with Crippen molar-refractivity contribution >= 4 is 23.2 Å². The van der Waals surface area contributed by atoms with Crippen LogP contribution in [-0.2, 0) is 6.54 Å². The molecule has 18 heavy (non-hydrogen) atoms. The second-order valence-electron chi connectivity index (χ2n) is 6.04. The first-order valence-electron chi connectivity index (χ1n) is 6.64. The minimum atomic E-state index is 0.459. The molecule has 1 atom stereocenters. The molecule has 0 bridgehead atoms. The number of hydrogen-bond acceptors (Lipinski definition) is 1. The molecule has 3 heteroatoms. The molecule has 1 fully saturated rings. The Labute approximate surface area is 120 Å². The van der Waals surface area contributed by atoms with Crippen molar-refractivity contribution in [2.45, 2.75) is 52.1 Å². The van der Waals surface area contributed by atoms with Crippen LogP contribution in [0.25, 0.3) is 0 Å². The molecule has 0 radical (unpaired) electrons. The van der Waals surface area contributed by atoms with Crippen LogP contribution in [0.2, 0.25) is 10.0 Å². The molecule has 0 amide bonds. The Morgan fingerprint density at radius 2 is 1.94 bits per heavy atom. The lowest BCUT2D eigenvalue weighted by Gasteiger charge is -2.35. The minimum absolute atomic E-state index is 0.459. The van der Waals surface area contributed by atoms with Gasteiger partial charge in [-0.1, -0.05) is 49.5 Å². The Bertz CT molecular complexity index is 395. The first-order chi connectivity index (χ1) is 8.48. The lowest BCUT2D eigenvalue weighted by molar-refractivity contribution is 0.198. The van der Waals surface area contributed by atoms with Gasteiger partial charge in [-0.3, -0.25) is 0 Å². The second kappa shape index (κ2) is 5.81. The Morgan fingerprint density at radius 1 is 1.28 bits per heavy atom. The summed E-state index contributed by atoms with van der Waals surface area (Å²) >= 11 is 12.4. The van der Waals surface area contributed by atoms with Crippen molar-refractivity contribution in [1.82, 2.24) is 5.32 Å². The molecule has 100 valence electrons. The first-order valence-corrected chi connectivity index (χ1v) is 7.40. The fraction of sp³-hybridized carbons (Fsp3) is 0.600. The smallest absolute Gasteiger partial charge is 0.0465 e. The summed E-state index contributed by atoms with van der Waals surface area (Å²) in [6.45, 7) is 5.46. The molecule has 0 aromatic heterocycles. The molecule has 1 nitrogen and oxygen atoms in total. The highest BCUT2D eigenvalue weighted by atomic mass is 35.5. The maximum Gasteiger partial charge on any atom is 0.0465 e. The summed E-state index contributed by atoms with van der Waals surface area (Å²) in [7, 11) is 0. The summed E-state index contributed by atoms with van der Waals surface area (Å²) < 4.78 is 0. The Kier molecular flexibility index (Phi) is 4.58. The van der Waals surface area contributed by atoms with Crippen LogP contribution in [0.5, 0.6) is 0 Å². The third-order valence-corrected chi connectivity index (χ3v) is 4.54. The van der Waals surface area contributed by atoms with E-state index < -0.39 is 0 Å². The monoisotopic (exact) mass is 285 g/mol. The molecular weight excluding hydrogens is 265 g/mol. The van der Waals surface area contributed by atoms with Crippen LogP contribution >= 0.6 is 23.2 Å². The summed E-state index contributed by atoms with van der Waals surface area (Å²) in [5.41, 5.74) is 1.48. The standard InChI is InChI=1S/C15H21Cl2N/c1-15(2)8-4-5-11(9-15)18-10-12-13(16)6-3-7-14(12)17/h3,6-7,11,18H,4-5,8-10H2,1-2H3. The summed E-state index contributed by atoms with van der Waals surface area (Å²) in [6, 6.07) is 6.27. The zero-order valence-electron chi connectivity index (χ0n) is 11.1.